The van der Waals surface area contributed by atoms with Crippen LogP contribution in [0.1, 0.15) is 0 Å². The van der Waals surface area contributed by atoms with Crippen molar-refractivity contribution in [3.8, 4) is 0 Å². The van der Waals surface area contributed by atoms with Crippen molar-refractivity contribution in [1.82, 2.24) is 8.75 Å². The predicted octanol–water partition coefficient (Wildman–Crippen LogP) is 3.36. The van der Waals surface area contributed by atoms with Crippen LogP contribution in [0.15, 0.2) is 15.0 Å². The molecule has 2 rings (SSSR count). The maximum Gasteiger partial charge on any atom is 0.153 e. The molecule has 12 heavy (non-hydrogen) atoms. The van der Waals surface area contributed by atoms with Gasteiger partial charge in [0.15, 0.2) is 5.82 Å². The summed E-state index contributed by atoms with van der Waals surface area (Å²) in [5.41, 5.74) is 1.26. The Hall–Kier alpha value is -0.0700. The van der Waals surface area contributed by atoms with E-state index in [4.69, 9.17) is 0 Å². The minimum absolute atomic E-state index is 0.338. The topological polar surface area (TPSA) is 25.8 Å². The van der Waals surface area contributed by atoms with Crippen LogP contribution in [-0.4, -0.2) is 8.75 Å². The van der Waals surface area contributed by atoms with Gasteiger partial charge in [0.1, 0.15) is 11.0 Å². The molecule has 0 amide bonds. The van der Waals surface area contributed by atoms with Gasteiger partial charge in [-0.25, -0.2) is 4.39 Å². The van der Waals surface area contributed by atoms with Crippen molar-refractivity contribution < 1.29 is 4.39 Å². The maximum atomic E-state index is 13.2. The van der Waals surface area contributed by atoms with Crippen LogP contribution < -0.4 is 0 Å². The van der Waals surface area contributed by atoms with E-state index in [1.807, 2.05) is 0 Å². The molecule has 0 unspecified atom stereocenters. The van der Waals surface area contributed by atoms with Gasteiger partial charge >= 0.3 is 0 Å². The molecule has 1 heterocycles. The number of hydrogen-bond acceptors (Lipinski definition) is 3. The molecule has 62 valence electrons. The molecule has 2 aromatic rings. The lowest BCUT2D eigenvalue weighted by atomic mass is 10.3. The Kier molecular flexibility index (Phi) is 2.14. The largest absolute Gasteiger partial charge is 0.204 e. The number of fused-ring (bicyclic) bond motifs is 1. The summed E-state index contributed by atoms with van der Waals surface area (Å²) in [6, 6.07) is 1.61. The molecule has 0 N–H and O–H groups in total. The fraction of sp³-hybridized carbons (Fsp3) is 0. The van der Waals surface area contributed by atoms with E-state index in [2.05, 4.69) is 40.6 Å². The molecule has 0 aliphatic carbocycles. The Morgan fingerprint density at radius 3 is 2.83 bits per heavy atom. The molecule has 0 aliphatic heterocycles. The summed E-state index contributed by atoms with van der Waals surface area (Å²) in [5.74, 6) is -0.338. The number of rotatable bonds is 0. The lowest BCUT2D eigenvalue weighted by Crippen LogP contribution is -1.82. The summed E-state index contributed by atoms with van der Waals surface area (Å²) in [4.78, 5) is 0. The van der Waals surface area contributed by atoms with Crippen LogP contribution in [0.25, 0.3) is 11.0 Å². The van der Waals surface area contributed by atoms with Crippen molar-refractivity contribution >= 4 is 54.6 Å². The van der Waals surface area contributed by atoms with Crippen molar-refractivity contribution in [1.29, 1.82) is 0 Å². The third kappa shape index (κ3) is 1.18. The van der Waals surface area contributed by atoms with E-state index in [1.165, 1.54) is 0 Å². The highest BCUT2D eigenvalue weighted by atomic mass is 79.9. The van der Waals surface area contributed by atoms with Gasteiger partial charge in [-0.1, -0.05) is 0 Å². The van der Waals surface area contributed by atoms with E-state index >= 15 is 0 Å². The predicted molar refractivity (Wildman–Crippen MR) is 52.8 cm³/mol. The van der Waals surface area contributed by atoms with Crippen LogP contribution in [0.4, 0.5) is 4.39 Å². The summed E-state index contributed by atoms with van der Waals surface area (Å²) in [6.45, 7) is 0. The van der Waals surface area contributed by atoms with Gasteiger partial charge in [0.05, 0.1) is 20.7 Å². The summed E-state index contributed by atoms with van der Waals surface area (Å²) in [6.07, 6.45) is 0. The van der Waals surface area contributed by atoms with Crippen molar-refractivity contribution in [2.45, 2.75) is 0 Å². The summed E-state index contributed by atoms with van der Waals surface area (Å²) in [7, 11) is 0. The van der Waals surface area contributed by atoms with Crippen LogP contribution in [-0.2, 0) is 0 Å². The Labute approximate surface area is 88.4 Å². The van der Waals surface area contributed by atoms with Gasteiger partial charge in [0.25, 0.3) is 0 Å². The quantitative estimate of drug-likeness (QED) is 0.697. The van der Waals surface area contributed by atoms with E-state index < -0.39 is 0 Å². The van der Waals surface area contributed by atoms with Crippen LogP contribution >= 0.6 is 43.6 Å². The van der Waals surface area contributed by atoms with E-state index in [9.17, 15) is 4.39 Å². The van der Waals surface area contributed by atoms with Gasteiger partial charge in [0.2, 0.25) is 0 Å². The first kappa shape index (κ1) is 8.52. The van der Waals surface area contributed by atoms with E-state index in [-0.39, 0.29) is 5.82 Å². The normalized spacial score (nSPS) is 10.9. The average molecular weight is 312 g/mol. The number of hydrogen-bond donors (Lipinski definition) is 0. The van der Waals surface area contributed by atoms with Gasteiger partial charge in [-0.3, -0.25) is 0 Å². The summed E-state index contributed by atoms with van der Waals surface area (Å²) in [5, 5.41) is 0. The van der Waals surface area contributed by atoms with Crippen LogP contribution in [0, 0.1) is 5.82 Å². The smallest absolute Gasteiger partial charge is 0.153 e. The van der Waals surface area contributed by atoms with Gasteiger partial charge in [-0.15, -0.1) is 0 Å². The molecule has 0 radical (unpaired) electrons. The van der Waals surface area contributed by atoms with Gasteiger partial charge in [-0.2, -0.15) is 8.75 Å². The molecule has 0 atom stereocenters. The molecule has 2 nitrogen and oxygen atoms in total. The molecule has 0 saturated heterocycles. The van der Waals surface area contributed by atoms with Crippen molar-refractivity contribution in [2.75, 3.05) is 0 Å². The molecular formula is C6HBr2FN2S. The maximum absolute atomic E-state index is 13.2. The molecular weight excluding hydrogens is 311 g/mol. The lowest BCUT2D eigenvalue weighted by Gasteiger charge is -1.96. The Balaban J connectivity index is 2.94. The molecule has 1 aromatic heterocycles. The minimum Gasteiger partial charge on any atom is -0.204 e. The zero-order valence-corrected chi connectivity index (χ0v) is 9.50. The highest BCUT2D eigenvalue weighted by Crippen LogP contribution is 2.30. The van der Waals surface area contributed by atoms with E-state index in [0.717, 1.165) is 11.7 Å². The van der Waals surface area contributed by atoms with E-state index in [1.54, 1.807) is 6.07 Å². The highest BCUT2D eigenvalue weighted by molar-refractivity contribution is 9.11. The Morgan fingerprint density at radius 1 is 1.33 bits per heavy atom. The number of benzene rings is 1. The summed E-state index contributed by atoms with van der Waals surface area (Å²) >= 11 is 7.26. The van der Waals surface area contributed by atoms with Gasteiger partial charge < -0.3 is 0 Å². The lowest BCUT2D eigenvalue weighted by molar-refractivity contribution is 0.616. The van der Waals surface area contributed by atoms with Crippen molar-refractivity contribution in [2.24, 2.45) is 0 Å². The molecule has 0 bridgehead atoms. The van der Waals surface area contributed by atoms with Gasteiger partial charge in [0, 0.05) is 0 Å². The zero-order chi connectivity index (χ0) is 8.72. The molecule has 1 aromatic carbocycles. The van der Waals surface area contributed by atoms with Crippen LogP contribution in [0.5, 0.6) is 0 Å². The summed E-state index contributed by atoms with van der Waals surface area (Å²) < 4.78 is 21.9. The number of aromatic nitrogens is 2. The van der Waals surface area contributed by atoms with Crippen molar-refractivity contribution in [3.63, 3.8) is 0 Å². The second-order valence-corrected chi connectivity index (χ2v) is 4.29. The highest BCUT2D eigenvalue weighted by Gasteiger charge is 2.11. The second-order valence-electron chi connectivity index (χ2n) is 2.12. The number of halogens is 3. The molecule has 0 saturated carbocycles. The van der Waals surface area contributed by atoms with Gasteiger partial charge in [-0.05, 0) is 37.9 Å². The first-order chi connectivity index (χ1) is 5.70. The first-order valence-corrected chi connectivity index (χ1v) is 5.27. The zero-order valence-electron chi connectivity index (χ0n) is 5.51. The SMILES string of the molecule is Fc1c(Br)cc2nsnc2c1Br. The van der Waals surface area contributed by atoms with E-state index in [0.29, 0.717) is 20.0 Å². The van der Waals surface area contributed by atoms with Crippen LogP contribution in [0.3, 0.4) is 0 Å². The van der Waals surface area contributed by atoms with Crippen LogP contribution in [0.2, 0.25) is 0 Å². The fourth-order valence-electron chi connectivity index (χ4n) is 0.835. The number of nitrogens with zero attached hydrogens (tertiary/aromatic N) is 2. The monoisotopic (exact) mass is 310 g/mol. The molecule has 0 aliphatic rings. The molecule has 0 fully saturated rings. The fourth-order valence-corrected chi connectivity index (χ4v) is 2.67. The average Bonchev–Trinajstić information content (AvgIpc) is 2.48. The molecule has 6 heteroatoms. The van der Waals surface area contributed by atoms with Crippen molar-refractivity contribution in [3.05, 3.63) is 20.8 Å². The third-order valence-corrected chi connectivity index (χ3v) is 3.23. The Bertz CT molecular complexity index is 442. The second kappa shape index (κ2) is 3.01. The Morgan fingerprint density at radius 2 is 2.08 bits per heavy atom. The standard InChI is InChI=1S/C6HBr2FN2S/c7-2-1-3-6(11-12-10-3)4(8)5(2)9/h1H. The molecule has 0 spiro atoms. The third-order valence-electron chi connectivity index (χ3n) is 1.39. The minimum atomic E-state index is -0.338. The first-order valence-electron chi connectivity index (χ1n) is 2.96.